The zero-order valence-corrected chi connectivity index (χ0v) is 10.7. The van der Waals surface area contributed by atoms with Gasteiger partial charge in [-0.3, -0.25) is 0 Å². The van der Waals surface area contributed by atoms with Gasteiger partial charge in [-0.1, -0.05) is 20.8 Å². The lowest BCUT2D eigenvalue weighted by atomic mass is 9.61. The molecule has 1 aliphatic heterocycles. The van der Waals surface area contributed by atoms with Gasteiger partial charge in [0.2, 0.25) is 0 Å². The minimum atomic E-state index is -0.569. The Bertz CT molecular complexity index is 232. The second-order valence-corrected chi connectivity index (χ2v) is 6.49. The van der Waals surface area contributed by atoms with Crippen LogP contribution in [0.25, 0.3) is 0 Å². The van der Waals surface area contributed by atoms with E-state index in [2.05, 4.69) is 20.8 Å². The van der Waals surface area contributed by atoms with Crippen LogP contribution in [-0.4, -0.2) is 36.6 Å². The van der Waals surface area contributed by atoms with E-state index < -0.39 is 5.60 Å². The van der Waals surface area contributed by atoms with Gasteiger partial charge in [-0.15, -0.1) is 0 Å². The molecule has 0 bridgehead atoms. The van der Waals surface area contributed by atoms with Gasteiger partial charge in [0.1, 0.15) is 0 Å². The van der Waals surface area contributed by atoms with Gasteiger partial charge in [0.15, 0.2) is 0 Å². The fourth-order valence-corrected chi connectivity index (χ4v) is 2.51. The lowest BCUT2D eigenvalue weighted by molar-refractivity contribution is -0.157. The van der Waals surface area contributed by atoms with Crippen LogP contribution in [0.4, 0.5) is 0 Å². The van der Waals surface area contributed by atoms with Crippen molar-refractivity contribution in [1.29, 1.82) is 0 Å². The average Bonchev–Trinajstić information content (AvgIpc) is 2.61. The number of hydrogen-bond donors (Lipinski definition) is 1. The van der Waals surface area contributed by atoms with Gasteiger partial charge < -0.3 is 14.6 Å². The quantitative estimate of drug-likeness (QED) is 0.802. The first-order chi connectivity index (χ1) is 7.39. The highest BCUT2D eigenvalue weighted by Crippen LogP contribution is 2.47. The number of hydrogen-bond acceptors (Lipinski definition) is 3. The topological polar surface area (TPSA) is 38.7 Å². The molecule has 94 valence electrons. The summed E-state index contributed by atoms with van der Waals surface area (Å²) in [6, 6.07) is 0. The van der Waals surface area contributed by atoms with Crippen molar-refractivity contribution in [1.82, 2.24) is 0 Å². The minimum Gasteiger partial charge on any atom is -0.387 e. The monoisotopic (exact) mass is 228 g/mol. The van der Waals surface area contributed by atoms with E-state index in [0.717, 1.165) is 25.9 Å². The molecule has 1 unspecified atom stereocenters. The summed E-state index contributed by atoms with van der Waals surface area (Å²) < 4.78 is 10.9. The van der Waals surface area contributed by atoms with Crippen molar-refractivity contribution in [3.8, 4) is 0 Å². The van der Waals surface area contributed by atoms with Crippen LogP contribution in [0.3, 0.4) is 0 Å². The van der Waals surface area contributed by atoms with Gasteiger partial charge in [0.05, 0.1) is 24.9 Å². The molecular weight excluding hydrogens is 204 g/mol. The standard InChI is InChI=1S/C13H24O3/c1-12(2,3)10-6-13(14,7-10)9-16-11-4-5-15-8-11/h10-11,14H,4-9H2,1-3H3. The first-order valence-corrected chi connectivity index (χ1v) is 6.31. The van der Waals surface area contributed by atoms with Crippen molar-refractivity contribution in [3.05, 3.63) is 0 Å². The molecule has 3 heteroatoms. The summed E-state index contributed by atoms with van der Waals surface area (Å²) in [4.78, 5) is 0. The van der Waals surface area contributed by atoms with E-state index in [0.29, 0.717) is 24.5 Å². The fourth-order valence-electron chi connectivity index (χ4n) is 2.51. The predicted octanol–water partition coefficient (Wildman–Crippen LogP) is 1.98. The Morgan fingerprint density at radius 1 is 1.38 bits per heavy atom. The van der Waals surface area contributed by atoms with Crippen molar-refractivity contribution in [3.63, 3.8) is 0 Å². The summed E-state index contributed by atoms with van der Waals surface area (Å²) in [5.74, 6) is 0.626. The largest absolute Gasteiger partial charge is 0.387 e. The van der Waals surface area contributed by atoms with Crippen LogP contribution in [0.1, 0.15) is 40.0 Å². The van der Waals surface area contributed by atoms with Crippen molar-refractivity contribution in [2.24, 2.45) is 11.3 Å². The Labute approximate surface area is 98.1 Å². The van der Waals surface area contributed by atoms with E-state index in [-0.39, 0.29) is 6.10 Å². The molecule has 1 saturated heterocycles. The SMILES string of the molecule is CC(C)(C)C1CC(O)(COC2CCOC2)C1. The smallest absolute Gasteiger partial charge is 0.0886 e. The summed E-state index contributed by atoms with van der Waals surface area (Å²) in [6.07, 6.45) is 2.94. The molecule has 1 heterocycles. The average molecular weight is 228 g/mol. The molecule has 16 heavy (non-hydrogen) atoms. The van der Waals surface area contributed by atoms with Crippen molar-refractivity contribution >= 4 is 0 Å². The normalized spacial score (nSPS) is 39.8. The third kappa shape index (κ3) is 2.76. The second kappa shape index (κ2) is 4.28. The molecular formula is C13H24O3. The van der Waals surface area contributed by atoms with Gasteiger partial charge >= 0.3 is 0 Å². The first kappa shape index (κ1) is 12.3. The summed E-state index contributed by atoms with van der Waals surface area (Å²) in [7, 11) is 0. The second-order valence-electron chi connectivity index (χ2n) is 6.49. The molecule has 0 amide bonds. The zero-order valence-electron chi connectivity index (χ0n) is 10.7. The van der Waals surface area contributed by atoms with Crippen LogP contribution in [-0.2, 0) is 9.47 Å². The maximum Gasteiger partial charge on any atom is 0.0886 e. The molecule has 1 aliphatic carbocycles. The van der Waals surface area contributed by atoms with E-state index in [1.54, 1.807) is 0 Å². The Hall–Kier alpha value is -0.120. The molecule has 2 rings (SSSR count). The Balaban J connectivity index is 1.71. The van der Waals surface area contributed by atoms with Crippen LogP contribution in [0.15, 0.2) is 0 Å². The Morgan fingerprint density at radius 3 is 2.56 bits per heavy atom. The van der Waals surface area contributed by atoms with Gasteiger partial charge in [0.25, 0.3) is 0 Å². The predicted molar refractivity (Wildman–Crippen MR) is 62.3 cm³/mol. The van der Waals surface area contributed by atoms with Crippen LogP contribution in [0, 0.1) is 11.3 Å². The highest BCUT2D eigenvalue weighted by molar-refractivity contribution is 4.98. The van der Waals surface area contributed by atoms with Crippen molar-refractivity contribution < 1.29 is 14.6 Å². The lowest BCUT2D eigenvalue weighted by Crippen LogP contribution is -2.52. The summed E-state index contributed by atoms with van der Waals surface area (Å²) in [5, 5.41) is 10.2. The molecule has 1 saturated carbocycles. The Morgan fingerprint density at radius 2 is 2.06 bits per heavy atom. The van der Waals surface area contributed by atoms with E-state index in [4.69, 9.17) is 9.47 Å². The maximum absolute atomic E-state index is 10.2. The molecule has 0 radical (unpaired) electrons. The van der Waals surface area contributed by atoms with Gasteiger partial charge in [0, 0.05) is 6.61 Å². The summed E-state index contributed by atoms with van der Waals surface area (Å²) in [5.41, 5.74) is -0.261. The third-order valence-electron chi connectivity index (χ3n) is 3.95. The zero-order chi connectivity index (χ0) is 11.8. The first-order valence-electron chi connectivity index (χ1n) is 6.31. The van der Waals surface area contributed by atoms with Gasteiger partial charge in [-0.25, -0.2) is 0 Å². The van der Waals surface area contributed by atoms with Crippen molar-refractivity contribution in [2.45, 2.75) is 51.7 Å². The number of aliphatic hydroxyl groups is 1. The third-order valence-corrected chi connectivity index (χ3v) is 3.95. The fraction of sp³-hybridized carbons (Fsp3) is 1.00. The highest BCUT2D eigenvalue weighted by Gasteiger charge is 2.47. The van der Waals surface area contributed by atoms with Crippen LogP contribution >= 0.6 is 0 Å². The summed E-state index contributed by atoms with van der Waals surface area (Å²) >= 11 is 0. The maximum atomic E-state index is 10.2. The molecule has 0 aromatic carbocycles. The van der Waals surface area contributed by atoms with E-state index in [1.165, 1.54) is 0 Å². The molecule has 1 N–H and O–H groups in total. The molecule has 1 atom stereocenters. The van der Waals surface area contributed by atoms with Gasteiger partial charge in [-0.2, -0.15) is 0 Å². The number of ether oxygens (including phenoxy) is 2. The van der Waals surface area contributed by atoms with Crippen LogP contribution in [0.5, 0.6) is 0 Å². The highest BCUT2D eigenvalue weighted by atomic mass is 16.5. The van der Waals surface area contributed by atoms with E-state index in [1.807, 2.05) is 0 Å². The van der Waals surface area contributed by atoms with E-state index in [9.17, 15) is 5.11 Å². The van der Waals surface area contributed by atoms with Gasteiger partial charge in [-0.05, 0) is 30.6 Å². The number of rotatable bonds is 3. The van der Waals surface area contributed by atoms with Crippen molar-refractivity contribution in [2.75, 3.05) is 19.8 Å². The molecule has 2 fully saturated rings. The van der Waals surface area contributed by atoms with Crippen LogP contribution in [0.2, 0.25) is 0 Å². The van der Waals surface area contributed by atoms with Crippen LogP contribution < -0.4 is 0 Å². The molecule has 0 aromatic heterocycles. The van der Waals surface area contributed by atoms with E-state index >= 15 is 0 Å². The molecule has 2 aliphatic rings. The Kier molecular flexibility index (Phi) is 3.30. The minimum absolute atomic E-state index is 0.206. The summed E-state index contributed by atoms with van der Waals surface area (Å²) in [6.45, 7) is 8.69. The molecule has 0 aromatic rings. The molecule has 3 nitrogen and oxygen atoms in total. The lowest BCUT2D eigenvalue weighted by Gasteiger charge is -2.49. The molecule has 0 spiro atoms.